The van der Waals surface area contributed by atoms with Crippen LogP contribution in [-0.2, 0) is 11.4 Å². The molecule has 2 aromatic rings. The number of carbonyl (C=O) groups is 1. The largest absolute Gasteiger partial charge is 0.493 e. The van der Waals surface area contributed by atoms with E-state index >= 15 is 0 Å². The Hall–Kier alpha value is -2.64. The molecule has 1 saturated carbocycles. The van der Waals surface area contributed by atoms with Crippen LogP contribution in [0.1, 0.15) is 48.8 Å². The molecule has 1 amide bonds. The summed E-state index contributed by atoms with van der Waals surface area (Å²) >= 11 is 7.83. The van der Waals surface area contributed by atoms with Gasteiger partial charge in [0.15, 0.2) is 16.6 Å². The van der Waals surface area contributed by atoms with Gasteiger partial charge in [-0.25, -0.2) is 0 Å². The number of hydrogen-bond donors (Lipinski definition) is 0. The first kappa shape index (κ1) is 24.5. The van der Waals surface area contributed by atoms with Crippen LogP contribution >= 0.6 is 34.8 Å². The van der Waals surface area contributed by atoms with Crippen molar-refractivity contribution in [2.75, 3.05) is 14.2 Å². The third kappa shape index (κ3) is 4.91. The number of nitrogens with zero attached hydrogens (tertiary/aromatic N) is 3. The van der Waals surface area contributed by atoms with E-state index in [9.17, 15) is 10.1 Å². The second kappa shape index (κ2) is 10.7. The van der Waals surface area contributed by atoms with Gasteiger partial charge in [0.05, 0.1) is 22.3 Å². The lowest BCUT2D eigenvalue weighted by atomic mass is 9.94. The topological polar surface area (TPSA) is 65.8 Å². The number of amides is 1. The molecule has 8 heteroatoms. The first-order chi connectivity index (χ1) is 16.4. The molecule has 0 atom stereocenters. The number of thiocarbonyl (C=S) groups is 1. The van der Waals surface area contributed by atoms with E-state index in [0.717, 1.165) is 40.4 Å². The predicted molar refractivity (Wildman–Crippen MR) is 143 cm³/mol. The molecule has 1 heterocycles. The lowest BCUT2D eigenvalue weighted by molar-refractivity contribution is -0.124. The molecule has 0 bridgehead atoms. The maximum absolute atomic E-state index is 13.3. The number of hydrogen-bond acceptors (Lipinski definition) is 5. The van der Waals surface area contributed by atoms with Gasteiger partial charge in [-0.3, -0.25) is 9.69 Å². The Kier molecular flexibility index (Phi) is 7.73. The molecule has 0 N–H and O–H groups in total. The van der Waals surface area contributed by atoms with Gasteiger partial charge in [-0.1, -0.05) is 37.5 Å². The zero-order chi connectivity index (χ0) is 24.2. The third-order valence-corrected chi connectivity index (χ3v) is 7.57. The number of methoxy groups -OCH3 is 1. The molecule has 1 aliphatic carbocycles. The molecule has 2 fully saturated rings. The van der Waals surface area contributed by atoms with Crippen LogP contribution in [-0.4, -0.2) is 41.0 Å². The number of carbonyl (C=O) groups excluding carboxylic acids is 1. The average molecular weight is 587 g/mol. The molecule has 0 radical (unpaired) electrons. The summed E-state index contributed by atoms with van der Waals surface area (Å²) in [5, 5.41) is 9.89. The van der Waals surface area contributed by atoms with Crippen molar-refractivity contribution in [1.29, 1.82) is 5.26 Å². The van der Waals surface area contributed by atoms with Crippen LogP contribution in [0.15, 0.2) is 42.1 Å². The fourth-order valence-electron chi connectivity index (χ4n) is 4.46. The van der Waals surface area contributed by atoms with E-state index in [2.05, 4.69) is 28.7 Å². The van der Waals surface area contributed by atoms with Crippen molar-refractivity contribution in [3.05, 3.63) is 62.4 Å². The van der Waals surface area contributed by atoms with Gasteiger partial charge in [0.2, 0.25) is 0 Å². The van der Waals surface area contributed by atoms with Crippen LogP contribution in [0.25, 0.3) is 6.08 Å². The molecular weight excluding hydrogens is 561 g/mol. The number of rotatable bonds is 6. The zero-order valence-corrected chi connectivity index (χ0v) is 22.2. The van der Waals surface area contributed by atoms with E-state index in [1.165, 1.54) is 6.42 Å². The average Bonchev–Trinajstić information content (AvgIpc) is 3.06. The third-order valence-electron chi connectivity index (χ3n) is 6.30. The van der Waals surface area contributed by atoms with Crippen molar-refractivity contribution in [3.63, 3.8) is 0 Å². The maximum atomic E-state index is 13.3. The SMILES string of the molecule is COc1cc(/C=C2/C(=O)N(C3CCCCC3)C(=S)N2C)cc(I)c1OCc1ccccc1C#N. The lowest BCUT2D eigenvalue weighted by Gasteiger charge is -2.30. The molecule has 0 unspecified atom stereocenters. The van der Waals surface area contributed by atoms with Gasteiger partial charge in [0, 0.05) is 18.7 Å². The van der Waals surface area contributed by atoms with E-state index in [-0.39, 0.29) is 18.6 Å². The normalized spacial score (nSPS) is 17.9. The highest BCUT2D eigenvalue weighted by molar-refractivity contribution is 14.1. The number of ether oxygens (including phenoxy) is 2. The van der Waals surface area contributed by atoms with E-state index in [1.807, 2.05) is 43.5 Å². The summed E-state index contributed by atoms with van der Waals surface area (Å²) in [5.74, 6) is 1.12. The van der Waals surface area contributed by atoms with Crippen molar-refractivity contribution >= 4 is 51.9 Å². The van der Waals surface area contributed by atoms with Gasteiger partial charge in [-0.05, 0) is 77.5 Å². The molecular formula is C26H26IN3O3S. The zero-order valence-electron chi connectivity index (χ0n) is 19.2. The number of likely N-dealkylation sites (N-methyl/N-ethyl adjacent to an activating group) is 1. The van der Waals surface area contributed by atoms with Gasteiger partial charge >= 0.3 is 0 Å². The Bertz CT molecular complexity index is 1180. The second-order valence-corrected chi connectivity index (χ2v) is 9.96. The molecule has 0 spiro atoms. The molecule has 2 aromatic carbocycles. The Morgan fingerprint density at radius 2 is 1.97 bits per heavy atom. The number of halogens is 1. The molecule has 6 nitrogen and oxygen atoms in total. The number of nitriles is 1. The molecule has 2 aliphatic rings. The van der Waals surface area contributed by atoms with Crippen LogP contribution in [0.2, 0.25) is 0 Å². The van der Waals surface area contributed by atoms with Gasteiger partial charge in [-0.2, -0.15) is 5.26 Å². The monoisotopic (exact) mass is 587 g/mol. The van der Waals surface area contributed by atoms with E-state index in [1.54, 1.807) is 23.0 Å². The van der Waals surface area contributed by atoms with E-state index in [0.29, 0.717) is 27.9 Å². The fraction of sp³-hybridized carbons (Fsp3) is 0.346. The predicted octanol–water partition coefficient (Wildman–Crippen LogP) is 5.48. The Morgan fingerprint density at radius 1 is 1.24 bits per heavy atom. The van der Waals surface area contributed by atoms with E-state index in [4.69, 9.17) is 21.7 Å². The molecule has 0 aromatic heterocycles. The lowest BCUT2D eigenvalue weighted by Crippen LogP contribution is -2.41. The van der Waals surface area contributed by atoms with E-state index < -0.39 is 0 Å². The molecule has 4 rings (SSSR count). The van der Waals surface area contributed by atoms with Crippen LogP contribution < -0.4 is 9.47 Å². The van der Waals surface area contributed by atoms with Gasteiger partial charge in [0.1, 0.15) is 12.3 Å². The quantitative estimate of drug-likeness (QED) is 0.253. The highest BCUT2D eigenvalue weighted by Gasteiger charge is 2.40. The summed E-state index contributed by atoms with van der Waals surface area (Å²) < 4.78 is 12.5. The Balaban J connectivity index is 1.59. The fourth-order valence-corrected chi connectivity index (χ4v) is 5.58. The summed E-state index contributed by atoms with van der Waals surface area (Å²) in [7, 11) is 3.44. The minimum atomic E-state index is -0.0400. The smallest absolute Gasteiger partial charge is 0.277 e. The van der Waals surface area contributed by atoms with Crippen molar-refractivity contribution in [2.45, 2.75) is 44.8 Å². The highest BCUT2D eigenvalue weighted by atomic mass is 127. The van der Waals surface area contributed by atoms with Gasteiger partial charge in [-0.15, -0.1) is 0 Å². The summed E-state index contributed by atoms with van der Waals surface area (Å²) in [5.41, 5.74) is 2.78. The Morgan fingerprint density at radius 3 is 2.68 bits per heavy atom. The molecule has 176 valence electrons. The van der Waals surface area contributed by atoms with Crippen LogP contribution in [0.4, 0.5) is 0 Å². The molecule has 1 saturated heterocycles. The Labute approximate surface area is 219 Å². The summed E-state index contributed by atoms with van der Waals surface area (Å²) in [4.78, 5) is 16.9. The highest BCUT2D eigenvalue weighted by Crippen LogP contribution is 2.36. The summed E-state index contributed by atoms with van der Waals surface area (Å²) in [6, 6.07) is 13.5. The van der Waals surface area contributed by atoms with Crippen LogP contribution in [0.5, 0.6) is 11.5 Å². The standard InChI is InChI=1S/C26H26IN3O3S/c1-29-22(25(31)30(26(29)34)20-10-4-3-5-11-20)13-17-12-21(27)24(23(14-17)32-2)33-16-19-9-7-6-8-18(19)15-28/h6-9,12-14,20H,3-5,10-11,16H2,1-2H3/b22-13-. The number of benzene rings is 2. The van der Waals surface area contributed by atoms with Crippen LogP contribution in [0, 0.1) is 14.9 Å². The summed E-state index contributed by atoms with van der Waals surface area (Å²) in [6.45, 7) is 0.252. The van der Waals surface area contributed by atoms with Crippen molar-refractivity contribution in [3.8, 4) is 17.6 Å². The van der Waals surface area contributed by atoms with Gasteiger partial charge < -0.3 is 14.4 Å². The van der Waals surface area contributed by atoms with Crippen LogP contribution in [0.3, 0.4) is 0 Å². The summed E-state index contributed by atoms with van der Waals surface area (Å²) in [6.07, 6.45) is 7.35. The van der Waals surface area contributed by atoms with Crippen molar-refractivity contribution < 1.29 is 14.3 Å². The first-order valence-electron chi connectivity index (χ1n) is 11.3. The minimum Gasteiger partial charge on any atom is -0.493 e. The maximum Gasteiger partial charge on any atom is 0.277 e. The first-order valence-corrected chi connectivity index (χ1v) is 12.7. The van der Waals surface area contributed by atoms with Crippen molar-refractivity contribution in [2.24, 2.45) is 0 Å². The van der Waals surface area contributed by atoms with Crippen molar-refractivity contribution in [1.82, 2.24) is 9.80 Å². The minimum absolute atomic E-state index is 0.0400. The van der Waals surface area contributed by atoms with Gasteiger partial charge in [0.25, 0.3) is 5.91 Å². The molecule has 1 aliphatic heterocycles. The molecule has 34 heavy (non-hydrogen) atoms. The second-order valence-electron chi connectivity index (χ2n) is 8.43.